The molecule has 0 atom stereocenters. The highest BCUT2D eigenvalue weighted by molar-refractivity contribution is 6.04. The fourth-order valence-corrected chi connectivity index (χ4v) is 3.21. The van der Waals surface area contributed by atoms with E-state index in [0.29, 0.717) is 17.4 Å². The number of carbonyl (C=O) groups excluding carboxylic acids is 1. The molecule has 7 nitrogen and oxygen atoms in total. The molecule has 0 radical (unpaired) electrons. The van der Waals surface area contributed by atoms with E-state index in [1.165, 1.54) is 0 Å². The number of nitrogens with one attached hydrogen (secondary N) is 2. The SMILES string of the molecule is Cl.Cn1nc(C2CCNCC2)nc1NC(=O)c1cccc(-c2ccoc2)c1. The summed E-state index contributed by atoms with van der Waals surface area (Å²) in [6.45, 7) is 1.96. The normalized spacial score (nSPS) is 14.6. The van der Waals surface area contributed by atoms with Crippen LogP contribution in [0.1, 0.15) is 34.9 Å². The smallest absolute Gasteiger partial charge is 0.258 e. The Bertz CT molecular complexity index is 901. The lowest BCUT2D eigenvalue weighted by molar-refractivity contribution is 0.102. The molecule has 2 aromatic heterocycles. The van der Waals surface area contributed by atoms with Crippen molar-refractivity contribution in [1.82, 2.24) is 20.1 Å². The van der Waals surface area contributed by atoms with Crippen molar-refractivity contribution < 1.29 is 9.21 Å². The molecule has 1 aliphatic rings. The molecular weight excluding hydrogens is 366 g/mol. The van der Waals surface area contributed by atoms with E-state index in [9.17, 15) is 4.79 Å². The molecule has 1 fully saturated rings. The summed E-state index contributed by atoms with van der Waals surface area (Å²) >= 11 is 0. The van der Waals surface area contributed by atoms with Crippen LogP contribution >= 0.6 is 12.4 Å². The van der Waals surface area contributed by atoms with E-state index < -0.39 is 0 Å². The lowest BCUT2D eigenvalue weighted by Crippen LogP contribution is -2.27. The minimum Gasteiger partial charge on any atom is -0.472 e. The molecule has 3 heterocycles. The Hall–Kier alpha value is -2.64. The van der Waals surface area contributed by atoms with Crippen LogP contribution in [0.5, 0.6) is 0 Å². The Balaban J connectivity index is 0.00000210. The number of aryl methyl sites for hydroxylation is 1. The first-order valence-corrected chi connectivity index (χ1v) is 8.76. The van der Waals surface area contributed by atoms with E-state index in [2.05, 4.69) is 20.7 Å². The molecule has 27 heavy (non-hydrogen) atoms. The van der Waals surface area contributed by atoms with Gasteiger partial charge in [0, 0.05) is 24.1 Å². The maximum atomic E-state index is 12.6. The van der Waals surface area contributed by atoms with Crippen LogP contribution < -0.4 is 10.6 Å². The van der Waals surface area contributed by atoms with Crippen molar-refractivity contribution in [2.75, 3.05) is 18.4 Å². The molecule has 0 spiro atoms. The third kappa shape index (κ3) is 4.20. The third-order valence-corrected chi connectivity index (χ3v) is 4.69. The molecule has 8 heteroatoms. The first kappa shape index (κ1) is 19.1. The number of benzene rings is 1. The zero-order valence-electron chi connectivity index (χ0n) is 15.0. The van der Waals surface area contributed by atoms with Crippen molar-refractivity contribution >= 4 is 24.3 Å². The summed E-state index contributed by atoms with van der Waals surface area (Å²) in [5.74, 6) is 1.41. The van der Waals surface area contributed by atoms with Crippen LogP contribution in [0.2, 0.25) is 0 Å². The molecule has 1 aromatic carbocycles. The number of furan rings is 1. The van der Waals surface area contributed by atoms with E-state index >= 15 is 0 Å². The largest absolute Gasteiger partial charge is 0.472 e. The van der Waals surface area contributed by atoms with E-state index in [0.717, 1.165) is 42.9 Å². The molecule has 1 amide bonds. The fourth-order valence-electron chi connectivity index (χ4n) is 3.21. The van der Waals surface area contributed by atoms with E-state index in [4.69, 9.17) is 4.42 Å². The lowest BCUT2D eigenvalue weighted by atomic mass is 9.98. The standard InChI is InChI=1S/C19H21N5O2.ClH/c1-24-19(21-17(23-24)13-5-8-20-9-6-13)22-18(25)15-4-2-3-14(11-15)16-7-10-26-12-16;/h2-4,7,10-13,20H,5-6,8-9H2,1H3,(H,21,22,23,25);1H. The number of nitrogens with zero attached hydrogens (tertiary/aromatic N) is 3. The van der Waals surface area contributed by atoms with Crippen molar-refractivity contribution in [3.8, 4) is 11.1 Å². The van der Waals surface area contributed by atoms with Gasteiger partial charge in [-0.1, -0.05) is 12.1 Å². The van der Waals surface area contributed by atoms with Crippen molar-refractivity contribution in [3.63, 3.8) is 0 Å². The van der Waals surface area contributed by atoms with Gasteiger partial charge in [-0.2, -0.15) is 10.1 Å². The Labute approximate surface area is 163 Å². The summed E-state index contributed by atoms with van der Waals surface area (Å²) in [4.78, 5) is 17.2. The minimum atomic E-state index is -0.206. The van der Waals surface area contributed by atoms with Crippen LogP contribution in [0.15, 0.2) is 47.3 Å². The zero-order valence-corrected chi connectivity index (χ0v) is 15.8. The number of anilines is 1. The Morgan fingerprint density at radius 2 is 2.07 bits per heavy atom. The Morgan fingerprint density at radius 1 is 1.26 bits per heavy atom. The van der Waals surface area contributed by atoms with Crippen molar-refractivity contribution in [3.05, 3.63) is 54.2 Å². The van der Waals surface area contributed by atoms with Crippen molar-refractivity contribution in [1.29, 1.82) is 0 Å². The summed E-state index contributed by atoms with van der Waals surface area (Å²) in [6, 6.07) is 9.28. The van der Waals surface area contributed by atoms with Crippen LogP contribution in [0.4, 0.5) is 5.95 Å². The average molecular weight is 388 g/mol. The van der Waals surface area contributed by atoms with Gasteiger partial charge in [-0.3, -0.25) is 10.1 Å². The number of rotatable bonds is 4. The summed E-state index contributed by atoms with van der Waals surface area (Å²) in [7, 11) is 1.80. The second-order valence-electron chi connectivity index (χ2n) is 6.49. The molecule has 1 aliphatic heterocycles. The van der Waals surface area contributed by atoms with Gasteiger partial charge in [-0.15, -0.1) is 12.4 Å². The maximum Gasteiger partial charge on any atom is 0.258 e. The second kappa shape index (κ2) is 8.37. The number of hydrogen-bond acceptors (Lipinski definition) is 5. The molecular formula is C19H22ClN5O2. The molecule has 0 bridgehead atoms. The van der Waals surface area contributed by atoms with E-state index in [1.807, 2.05) is 24.3 Å². The monoisotopic (exact) mass is 387 g/mol. The van der Waals surface area contributed by atoms with Gasteiger partial charge in [0.25, 0.3) is 5.91 Å². The summed E-state index contributed by atoms with van der Waals surface area (Å²) < 4.78 is 6.75. The van der Waals surface area contributed by atoms with Crippen LogP contribution in [0.3, 0.4) is 0 Å². The maximum absolute atomic E-state index is 12.6. The molecule has 0 unspecified atom stereocenters. The van der Waals surface area contributed by atoms with E-state index in [-0.39, 0.29) is 18.3 Å². The number of amides is 1. The molecule has 1 saturated heterocycles. The van der Waals surface area contributed by atoms with Gasteiger partial charge in [-0.05, 0) is 49.7 Å². The zero-order chi connectivity index (χ0) is 17.9. The first-order valence-electron chi connectivity index (χ1n) is 8.76. The van der Waals surface area contributed by atoms with Gasteiger partial charge in [-0.25, -0.2) is 4.68 Å². The number of hydrogen-bond donors (Lipinski definition) is 2. The van der Waals surface area contributed by atoms with Crippen LogP contribution in [-0.2, 0) is 7.05 Å². The minimum absolute atomic E-state index is 0. The van der Waals surface area contributed by atoms with Crippen LogP contribution in [0, 0.1) is 0 Å². The van der Waals surface area contributed by atoms with Crippen molar-refractivity contribution in [2.24, 2.45) is 7.05 Å². The fraction of sp³-hybridized carbons (Fsp3) is 0.316. The van der Waals surface area contributed by atoms with Gasteiger partial charge < -0.3 is 9.73 Å². The highest BCUT2D eigenvalue weighted by Gasteiger charge is 2.21. The highest BCUT2D eigenvalue weighted by Crippen LogP contribution is 2.24. The molecule has 4 rings (SSSR count). The lowest BCUT2D eigenvalue weighted by Gasteiger charge is -2.19. The number of aromatic nitrogens is 3. The molecule has 0 aliphatic carbocycles. The molecule has 2 N–H and O–H groups in total. The molecule has 3 aromatic rings. The third-order valence-electron chi connectivity index (χ3n) is 4.69. The highest BCUT2D eigenvalue weighted by atomic mass is 35.5. The van der Waals surface area contributed by atoms with E-state index in [1.54, 1.807) is 30.3 Å². The quantitative estimate of drug-likeness (QED) is 0.718. The predicted octanol–water partition coefficient (Wildman–Crippen LogP) is 3.22. The number of carbonyl (C=O) groups is 1. The Kier molecular flexibility index (Phi) is 5.93. The van der Waals surface area contributed by atoms with Crippen molar-refractivity contribution in [2.45, 2.75) is 18.8 Å². The first-order chi connectivity index (χ1) is 12.7. The van der Waals surface area contributed by atoms with Gasteiger partial charge in [0.1, 0.15) is 0 Å². The van der Waals surface area contributed by atoms with Gasteiger partial charge in [0.15, 0.2) is 5.82 Å². The molecule has 0 saturated carbocycles. The summed E-state index contributed by atoms with van der Waals surface area (Å²) in [5.41, 5.74) is 2.43. The average Bonchev–Trinajstić information content (AvgIpc) is 3.33. The van der Waals surface area contributed by atoms with Crippen LogP contribution in [-0.4, -0.2) is 33.8 Å². The Morgan fingerprint density at radius 3 is 2.81 bits per heavy atom. The van der Waals surface area contributed by atoms with Crippen LogP contribution in [0.25, 0.3) is 11.1 Å². The summed E-state index contributed by atoms with van der Waals surface area (Å²) in [6.07, 6.45) is 5.31. The summed E-state index contributed by atoms with van der Waals surface area (Å²) in [5, 5.41) is 10.7. The van der Waals surface area contributed by atoms with Gasteiger partial charge in [0.2, 0.25) is 5.95 Å². The van der Waals surface area contributed by atoms with Gasteiger partial charge in [0.05, 0.1) is 12.5 Å². The topological polar surface area (TPSA) is 85.0 Å². The number of halogens is 1. The van der Waals surface area contributed by atoms with Gasteiger partial charge >= 0.3 is 0 Å². The molecule has 142 valence electrons. The second-order valence-corrected chi connectivity index (χ2v) is 6.49. The predicted molar refractivity (Wildman–Crippen MR) is 105 cm³/mol. The number of piperidine rings is 1.